The monoisotopic (exact) mass is 378 g/mol. The van der Waals surface area contributed by atoms with Gasteiger partial charge in [-0.2, -0.15) is 0 Å². The number of hydrogen-bond donors (Lipinski definition) is 0. The third kappa shape index (κ3) is 2.56. The Labute approximate surface area is 123 Å². The van der Waals surface area contributed by atoms with E-state index in [-0.39, 0.29) is 5.75 Å². The second-order valence-electron chi connectivity index (χ2n) is 3.59. The predicted octanol–water partition coefficient (Wildman–Crippen LogP) is 3.86. The van der Waals surface area contributed by atoms with Gasteiger partial charge >= 0.3 is 0 Å². The Morgan fingerprint density at radius 2 is 2.06 bits per heavy atom. The van der Waals surface area contributed by atoms with E-state index >= 15 is 0 Å². The normalized spacial score (nSPS) is 10.5. The molecule has 0 aliphatic carbocycles. The van der Waals surface area contributed by atoms with Crippen molar-refractivity contribution in [2.24, 2.45) is 0 Å². The molecule has 1 aromatic heterocycles. The van der Waals surface area contributed by atoms with Crippen molar-refractivity contribution in [2.75, 3.05) is 7.11 Å². The summed E-state index contributed by atoms with van der Waals surface area (Å²) in [6, 6.07) is 4.56. The van der Waals surface area contributed by atoms with E-state index in [1.807, 2.05) is 6.92 Å². The van der Waals surface area contributed by atoms with Crippen molar-refractivity contribution in [1.29, 1.82) is 0 Å². The molecule has 1 heterocycles. The van der Waals surface area contributed by atoms with Crippen LogP contribution in [0.25, 0.3) is 11.4 Å². The van der Waals surface area contributed by atoms with E-state index in [9.17, 15) is 4.39 Å². The SMILES string of the molecule is COc1ccc(-c2nc(C)c(I)c(Cl)n2)cc1F. The standard InChI is InChI=1S/C12H9ClFIN2O/c1-6-10(15)11(13)17-12(16-6)7-3-4-9(18-2)8(14)5-7/h3-5H,1-2H3. The van der Waals surface area contributed by atoms with Crippen molar-refractivity contribution in [3.8, 4) is 17.1 Å². The summed E-state index contributed by atoms with van der Waals surface area (Å²) >= 11 is 8.06. The van der Waals surface area contributed by atoms with Gasteiger partial charge < -0.3 is 4.74 Å². The van der Waals surface area contributed by atoms with E-state index in [1.165, 1.54) is 19.2 Å². The Hall–Kier alpha value is -0.950. The number of aromatic nitrogens is 2. The molecule has 0 aliphatic heterocycles. The van der Waals surface area contributed by atoms with Gasteiger partial charge in [0.25, 0.3) is 0 Å². The fraction of sp³-hybridized carbons (Fsp3) is 0.167. The number of ether oxygens (including phenoxy) is 1. The molecule has 3 nitrogen and oxygen atoms in total. The van der Waals surface area contributed by atoms with E-state index in [1.54, 1.807) is 6.07 Å². The van der Waals surface area contributed by atoms with E-state index in [0.717, 1.165) is 9.26 Å². The Morgan fingerprint density at radius 3 is 2.61 bits per heavy atom. The molecular formula is C12H9ClFIN2O. The fourth-order valence-electron chi connectivity index (χ4n) is 1.46. The molecule has 0 saturated heterocycles. The number of benzene rings is 1. The maximum absolute atomic E-state index is 13.6. The second-order valence-corrected chi connectivity index (χ2v) is 5.02. The van der Waals surface area contributed by atoms with Gasteiger partial charge in [-0.1, -0.05) is 11.6 Å². The molecule has 0 aliphatic rings. The smallest absolute Gasteiger partial charge is 0.165 e. The highest BCUT2D eigenvalue weighted by atomic mass is 127. The average molecular weight is 379 g/mol. The third-order valence-corrected chi connectivity index (χ3v) is 4.27. The first kappa shape index (κ1) is 13.5. The lowest BCUT2D eigenvalue weighted by Crippen LogP contribution is -1.97. The molecule has 18 heavy (non-hydrogen) atoms. The van der Waals surface area contributed by atoms with Crippen LogP contribution in [0.15, 0.2) is 18.2 Å². The summed E-state index contributed by atoms with van der Waals surface area (Å²) in [6.07, 6.45) is 0. The van der Waals surface area contributed by atoms with Gasteiger partial charge in [-0.3, -0.25) is 0 Å². The van der Waals surface area contributed by atoms with Crippen molar-refractivity contribution in [3.05, 3.63) is 38.4 Å². The van der Waals surface area contributed by atoms with Gasteiger partial charge in [0, 0.05) is 5.56 Å². The molecule has 6 heteroatoms. The van der Waals surface area contributed by atoms with Crippen LogP contribution in [-0.2, 0) is 0 Å². The van der Waals surface area contributed by atoms with Crippen LogP contribution >= 0.6 is 34.2 Å². The van der Waals surface area contributed by atoms with Gasteiger partial charge in [-0.25, -0.2) is 14.4 Å². The third-order valence-electron chi connectivity index (χ3n) is 2.39. The molecule has 2 rings (SSSR count). The number of methoxy groups -OCH3 is 1. The zero-order valence-corrected chi connectivity index (χ0v) is 12.6. The highest BCUT2D eigenvalue weighted by molar-refractivity contribution is 14.1. The van der Waals surface area contributed by atoms with Gasteiger partial charge in [0.05, 0.1) is 16.4 Å². The summed E-state index contributed by atoms with van der Waals surface area (Å²) in [7, 11) is 1.42. The van der Waals surface area contributed by atoms with Crippen LogP contribution in [0.2, 0.25) is 5.15 Å². The zero-order chi connectivity index (χ0) is 13.3. The van der Waals surface area contributed by atoms with Crippen LogP contribution in [-0.4, -0.2) is 17.1 Å². The number of rotatable bonds is 2. The molecule has 0 fully saturated rings. The highest BCUT2D eigenvalue weighted by Gasteiger charge is 2.11. The van der Waals surface area contributed by atoms with Crippen LogP contribution in [0.3, 0.4) is 0 Å². The minimum Gasteiger partial charge on any atom is -0.494 e. The molecule has 0 atom stereocenters. The molecule has 94 valence electrons. The Morgan fingerprint density at radius 1 is 1.33 bits per heavy atom. The van der Waals surface area contributed by atoms with E-state index in [0.29, 0.717) is 16.5 Å². The van der Waals surface area contributed by atoms with Crippen molar-refractivity contribution >= 4 is 34.2 Å². The lowest BCUT2D eigenvalue weighted by atomic mass is 10.2. The molecule has 0 spiro atoms. The van der Waals surface area contributed by atoms with E-state index in [2.05, 4.69) is 32.6 Å². The molecule has 0 N–H and O–H groups in total. The molecule has 0 radical (unpaired) electrons. The second kappa shape index (κ2) is 5.36. The molecule has 1 aromatic carbocycles. The largest absolute Gasteiger partial charge is 0.494 e. The first-order chi connectivity index (χ1) is 8.52. The van der Waals surface area contributed by atoms with E-state index < -0.39 is 5.82 Å². The van der Waals surface area contributed by atoms with Gasteiger partial charge in [-0.15, -0.1) is 0 Å². The molecular weight excluding hydrogens is 370 g/mol. The molecule has 0 saturated carbocycles. The molecule has 0 bridgehead atoms. The van der Waals surface area contributed by atoms with Crippen molar-refractivity contribution in [3.63, 3.8) is 0 Å². The summed E-state index contributed by atoms with van der Waals surface area (Å²) in [6.45, 7) is 1.83. The highest BCUT2D eigenvalue weighted by Crippen LogP contribution is 2.26. The Kier molecular flexibility index (Phi) is 4.01. The Balaban J connectivity index is 2.52. The summed E-state index contributed by atoms with van der Waals surface area (Å²) in [4.78, 5) is 8.43. The van der Waals surface area contributed by atoms with E-state index in [4.69, 9.17) is 16.3 Å². The summed E-state index contributed by atoms with van der Waals surface area (Å²) < 4.78 is 19.3. The van der Waals surface area contributed by atoms with Gasteiger partial charge in [-0.05, 0) is 47.7 Å². The zero-order valence-electron chi connectivity index (χ0n) is 9.67. The maximum atomic E-state index is 13.6. The number of aryl methyl sites for hydroxylation is 1. The van der Waals surface area contributed by atoms with Crippen LogP contribution in [0.5, 0.6) is 5.75 Å². The average Bonchev–Trinajstić information content (AvgIpc) is 2.35. The number of halogens is 3. The van der Waals surface area contributed by atoms with Crippen LogP contribution < -0.4 is 4.74 Å². The summed E-state index contributed by atoms with van der Waals surface area (Å²) in [5.41, 5.74) is 1.33. The quantitative estimate of drug-likeness (QED) is 0.588. The van der Waals surface area contributed by atoms with Gasteiger partial charge in [0.2, 0.25) is 0 Å². The summed E-state index contributed by atoms with van der Waals surface area (Å²) in [5, 5.41) is 0.370. The predicted molar refractivity (Wildman–Crippen MR) is 76.4 cm³/mol. The van der Waals surface area contributed by atoms with Crippen LogP contribution in [0.1, 0.15) is 5.69 Å². The molecule has 2 aromatic rings. The fourth-order valence-corrected chi connectivity index (χ4v) is 1.92. The van der Waals surface area contributed by atoms with Gasteiger partial charge in [0.15, 0.2) is 17.4 Å². The van der Waals surface area contributed by atoms with Crippen LogP contribution in [0.4, 0.5) is 4.39 Å². The van der Waals surface area contributed by atoms with Crippen LogP contribution in [0, 0.1) is 16.3 Å². The minimum atomic E-state index is -0.453. The lowest BCUT2D eigenvalue weighted by molar-refractivity contribution is 0.386. The number of hydrogen-bond acceptors (Lipinski definition) is 3. The van der Waals surface area contributed by atoms with Gasteiger partial charge in [0.1, 0.15) is 5.15 Å². The Bertz CT molecular complexity index is 584. The lowest BCUT2D eigenvalue weighted by Gasteiger charge is -2.07. The van der Waals surface area contributed by atoms with Crippen molar-refractivity contribution in [1.82, 2.24) is 9.97 Å². The molecule has 0 unspecified atom stereocenters. The maximum Gasteiger partial charge on any atom is 0.165 e. The first-order valence-corrected chi connectivity index (χ1v) is 6.52. The van der Waals surface area contributed by atoms with Crippen molar-refractivity contribution < 1.29 is 9.13 Å². The number of nitrogens with zero attached hydrogens (tertiary/aromatic N) is 2. The first-order valence-electron chi connectivity index (χ1n) is 5.06. The minimum absolute atomic E-state index is 0.187. The van der Waals surface area contributed by atoms with Crippen molar-refractivity contribution in [2.45, 2.75) is 6.92 Å². The topological polar surface area (TPSA) is 35.0 Å². The summed E-state index contributed by atoms with van der Waals surface area (Å²) in [5.74, 6) is 0.137. The molecule has 0 amide bonds.